The highest BCUT2D eigenvalue weighted by Gasteiger charge is 2.21. The minimum absolute atomic E-state index is 0.261. The molecule has 0 saturated carbocycles. The highest BCUT2D eigenvalue weighted by molar-refractivity contribution is 5.94. The van der Waals surface area contributed by atoms with Crippen LogP contribution >= 0.6 is 0 Å². The maximum absolute atomic E-state index is 13.0. The van der Waals surface area contributed by atoms with E-state index in [4.69, 9.17) is 5.11 Å². The molecule has 0 bridgehead atoms. The minimum atomic E-state index is -1.00. The number of hydrogen-bond acceptors (Lipinski definition) is 2. The molecule has 0 aromatic heterocycles. The van der Waals surface area contributed by atoms with Gasteiger partial charge in [0.1, 0.15) is 0 Å². The smallest absolute Gasteiger partial charge is 0.232 e. The number of aliphatic hydroxyl groups excluding tert-OH is 1. The molecular weight excluding hydrogens is 228 g/mol. The number of carbonyl (C=O) groups is 1. The second kappa shape index (κ2) is 5.72. The van der Waals surface area contributed by atoms with Gasteiger partial charge in [-0.15, -0.1) is 0 Å². The van der Waals surface area contributed by atoms with Crippen molar-refractivity contribution < 1.29 is 18.7 Å². The number of aliphatic hydroxyl groups is 1. The predicted octanol–water partition coefficient (Wildman–Crippen LogP) is 1.95. The molecule has 0 aliphatic heterocycles. The quantitative estimate of drug-likeness (QED) is 0.878. The Labute approximate surface area is 98.7 Å². The van der Waals surface area contributed by atoms with Gasteiger partial charge in [0.25, 0.3) is 0 Å². The van der Waals surface area contributed by atoms with E-state index in [2.05, 4.69) is 0 Å². The van der Waals surface area contributed by atoms with E-state index in [-0.39, 0.29) is 18.2 Å². The molecule has 1 aromatic carbocycles. The highest BCUT2D eigenvalue weighted by atomic mass is 19.2. The Balaban J connectivity index is 2.92. The van der Waals surface area contributed by atoms with E-state index < -0.39 is 17.6 Å². The molecule has 0 aliphatic carbocycles. The number of hydrogen-bond donors (Lipinski definition) is 1. The van der Waals surface area contributed by atoms with Crippen LogP contribution in [0.25, 0.3) is 0 Å². The summed E-state index contributed by atoms with van der Waals surface area (Å²) in [5.74, 6) is -2.79. The lowest BCUT2D eigenvalue weighted by Crippen LogP contribution is -2.34. The van der Waals surface area contributed by atoms with Gasteiger partial charge in [-0.1, -0.05) is 6.92 Å². The molecule has 1 N–H and O–H groups in total. The molecule has 1 unspecified atom stereocenters. The zero-order chi connectivity index (χ0) is 13.0. The molecule has 1 amide bonds. The van der Waals surface area contributed by atoms with Crippen LogP contribution in [-0.4, -0.2) is 24.7 Å². The molecule has 5 heteroatoms. The van der Waals surface area contributed by atoms with Gasteiger partial charge < -0.3 is 10.0 Å². The molecule has 0 radical (unpaired) electrons. The highest BCUT2D eigenvalue weighted by Crippen LogP contribution is 2.19. The molecule has 0 saturated heterocycles. The SMILES string of the molecule is CCC(CO)C(=O)N(C)c1ccc(F)c(F)c1. The van der Waals surface area contributed by atoms with Crippen LogP contribution in [0, 0.1) is 17.6 Å². The standard InChI is InChI=1S/C12H15F2NO2/c1-3-8(7-16)12(17)15(2)9-4-5-10(13)11(14)6-9/h4-6,8,16H,3,7H2,1-2H3. The minimum Gasteiger partial charge on any atom is -0.396 e. The van der Waals surface area contributed by atoms with Crippen molar-refractivity contribution in [3.63, 3.8) is 0 Å². The van der Waals surface area contributed by atoms with Gasteiger partial charge in [0.15, 0.2) is 11.6 Å². The summed E-state index contributed by atoms with van der Waals surface area (Å²) >= 11 is 0. The molecule has 3 nitrogen and oxygen atoms in total. The van der Waals surface area contributed by atoms with Gasteiger partial charge in [0, 0.05) is 18.8 Å². The van der Waals surface area contributed by atoms with Crippen LogP contribution in [0.4, 0.5) is 14.5 Å². The summed E-state index contributed by atoms with van der Waals surface area (Å²) in [6.07, 6.45) is 0.489. The van der Waals surface area contributed by atoms with Crippen molar-refractivity contribution in [1.29, 1.82) is 0 Å². The predicted molar refractivity (Wildman–Crippen MR) is 60.6 cm³/mol. The number of anilines is 1. The van der Waals surface area contributed by atoms with E-state index in [9.17, 15) is 13.6 Å². The van der Waals surface area contributed by atoms with Crippen molar-refractivity contribution in [2.24, 2.45) is 5.92 Å². The first-order chi connectivity index (χ1) is 8.01. The van der Waals surface area contributed by atoms with Gasteiger partial charge in [-0.25, -0.2) is 8.78 Å². The van der Waals surface area contributed by atoms with Crippen LogP contribution in [0.5, 0.6) is 0 Å². The normalized spacial score (nSPS) is 12.3. The molecule has 17 heavy (non-hydrogen) atoms. The Morgan fingerprint density at radius 3 is 2.53 bits per heavy atom. The summed E-state index contributed by atoms with van der Waals surface area (Å²) in [6, 6.07) is 3.24. The third-order valence-corrected chi connectivity index (χ3v) is 2.68. The molecule has 1 atom stereocenters. The molecule has 94 valence electrons. The van der Waals surface area contributed by atoms with Crippen LogP contribution in [0.1, 0.15) is 13.3 Å². The number of amides is 1. The average molecular weight is 243 g/mol. The van der Waals surface area contributed by atoms with Crippen molar-refractivity contribution in [1.82, 2.24) is 0 Å². The number of rotatable bonds is 4. The number of carbonyl (C=O) groups excluding carboxylic acids is 1. The second-order valence-corrected chi connectivity index (χ2v) is 3.78. The zero-order valence-electron chi connectivity index (χ0n) is 9.78. The number of benzene rings is 1. The Bertz CT molecular complexity index is 405. The van der Waals surface area contributed by atoms with Crippen molar-refractivity contribution in [3.8, 4) is 0 Å². The molecule has 1 rings (SSSR count). The van der Waals surface area contributed by atoms with Gasteiger partial charge in [0.05, 0.1) is 12.5 Å². The molecule has 0 fully saturated rings. The largest absolute Gasteiger partial charge is 0.396 e. The fourth-order valence-corrected chi connectivity index (χ4v) is 1.48. The van der Waals surface area contributed by atoms with Crippen LogP contribution in [0.3, 0.4) is 0 Å². The summed E-state index contributed by atoms with van der Waals surface area (Å²) in [4.78, 5) is 13.1. The average Bonchev–Trinajstić information content (AvgIpc) is 2.33. The van der Waals surface area contributed by atoms with E-state index in [1.165, 1.54) is 18.0 Å². The van der Waals surface area contributed by atoms with E-state index in [0.29, 0.717) is 6.42 Å². The summed E-state index contributed by atoms with van der Waals surface area (Å²) in [5, 5.41) is 9.01. The maximum Gasteiger partial charge on any atom is 0.232 e. The molecular formula is C12H15F2NO2. The number of halogens is 2. The van der Waals surface area contributed by atoms with E-state index in [1.807, 2.05) is 0 Å². The van der Waals surface area contributed by atoms with Crippen LogP contribution in [0.15, 0.2) is 18.2 Å². The first-order valence-corrected chi connectivity index (χ1v) is 5.34. The van der Waals surface area contributed by atoms with Crippen LogP contribution in [-0.2, 0) is 4.79 Å². The lowest BCUT2D eigenvalue weighted by Gasteiger charge is -2.21. The zero-order valence-corrected chi connectivity index (χ0v) is 9.78. The fraction of sp³-hybridized carbons (Fsp3) is 0.417. The Morgan fingerprint density at radius 1 is 1.41 bits per heavy atom. The lowest BCUT2D eigenvalue weighted by atomic mass is 10.1. The van der Waals surface area contributed by atoms with E-state index in [1.54, 1.807) is 6.92 Å². The number of nitrogens with zero attached hydrogens (tertiary/aromatic N) is 1. The Hall–Kier alpha value is -1.49. The van der Waals surface area contributed by atoms with Gasteiger partial charge in [-0.3, -0.25) is 4.79 Å². The van der Waals surface area contributed by atoms with Crippen molar-refractivity contribution in [3.05, 3.63) is 29.8 Å². The van der Waals surface area contributed by atoms with Crippen LogP contribution < -0.4 is 4.90 Å². The van der Waals surface area contributed by atoms with Crippen molar-refractivity contribution >= 4 is 11.6 Å². The lowest BCUT2D eigenvalue weighted by molar-refractivity contribution is -0.123. The molecule has 0 spiro atoms. The topological polar surface area (TPSA) is 40.5 Å². The molecule has 1 aromatic rings. The van der Waals surface area contributed by atoms with Crippen LogP contribution in [0.2, 0.25) is 0 Å². The third-order valence-electron chi connectivity index (χ3n) is 2.68. The molecule has 0 heterocycles. The van der Waals surface area contributed by atoms with E-state index in [0.717, 1.165) is 12.1 Å². The Kier molecular flexibility index (Phi) is 4.57. The summed E-state index contributed by atoms with van der Waals surface area (Å²) < 4.78 is 25.7. The monoisotopic (exact) mass is 243 g/mol. The second-order valence-electron chi connectivity index (χ2n) is 3.78. The summed E-state index contributed by atoms with van der Waals surface area (Å²) in [6.45, 7) is 1.52. The first-order valence-electron chi connectivity index (χ1n) is 5.34. The van der Waals surface area contributed by atoms with Gasteiger partial charge in [-0.2, -0.15) is 0 Å². The van der Waals surface area contributed by atoms with Gasteiger partial charge in [-0.05, 0) is 18.6 Å². The Morgan fingerprint density at radius 2 is 2.06 bits per heavy atom. The summed E-state index contributed by atoms with van der Waals surface area (Å²) in [5.41, 5.74) is 0.265. The third kappa shape index (κ3) is 3.00. The first kappa shape index (κ1) is 13.6. The summed E-state index contributed by atoms with van der Waals surface area (Å²) in [7, 11) is 1.47. The van der Waals surface area contributed by atoms with Gasteiger partial charge in [0.2, 0.25) is 5.91 Å². The fourth-order valence-electron chi connectivity index (χ4n) is 1.48. The van der Waals surface area contributed by atoms with Crippen molar-refractivity contribution in [2.45, 2.75) is 13.3 Å². The van der Waals surface area contributed by atoms with Gasteiger partial charge >= 0.3 is 0 Å². The maximum atomic E-state index is 13.0. The molecule has 0 aliphatic rings. The van der Waals surface area contributed by atoms with Crippen molar-refractivity contribution in [2.75, 3.05) is 18.6 Å². The van der Waals surface area contributed by atoms with E-state index >= 15 is 0 Å².